The minimum atomic E-state index is -0.455. The second-order valence-electron chi connectivity index (χ2n) is 7.57. The Morgan fingerprint density at radius 2 is 1.93 bits per heavy atom. The zero-order valence-electron chi connectivity index (χ0n) is 16.7. The molecule has 1 fully saturated rings. The van der Waals surface area contributed by atoms with Crippen molar-refractivity contribution in [2.24, 2.45) is 7.05 Å². The molecule has 1 saturated carbocycles. The second-order valence-corrected chi connectivity index (χ2v) is 7.57. The molecule has 8 heteroatoms. The molecule has 3 aromatic rings. The lowest BCUT2D eigenvalue weighted by molar-refractivity contribution is 0.302. The summed E-state index contributed by atoms with van der Waals surface area (Å²) in [6.45, 7) is 1.09. The molecule has 4 rings (SSSR count). The van der Waals surface area contributed by atoms with E-state index in [1.165, 1.54) is 23.8 Å². The summed E-state index contributed by atoms with van der Waals surface area (Å²) in [6, 6.07) is 10.0. The number of aromatic nitrogens is 4. The van der Waals surface area contributed by atoms with Crippen LogP contribution in [-0.4, -0.2) is 31.8 Å². The fourth-order valence-electron chi connectivity index (χ4n) is 3.92. The number of aryl methyl sites for hydroxylation is 2. The van der Waals surface area contributed by atoms with Crippen LogP contribution in [0.4, 0.5) is 5.95 Å². The topological polar surface area (TPSA) is 93.9 Å². The summed E-state index contributed by atoms with van der Waals surface area (Å²) in [5.41, 5.74) is -0.0359. The normalized spacial score (nSPS) is 14.9. The van der Waals surface area contributed by atoms with Gasteiger partial charge in [-0.2, -0.15) is 4.98 Å². The zero-order chi connectivity index (χ0) is 20.2. The van der Waals surface area contributed by atoms with Crippen LogP contribution in [0.3, 0.4) is 0 Å². The van der Waals surface area contributed by atoms with Crippen LogP contribution in [0.15, 0.2) is 39.9 Å². The molecular formula is C21H27N5O3. The van der Waals surface area contributed by atoms with Gasteiger partial charge in [0, 0.05) is 19.6 Å². The quantitative estimate of drug-likeness (QED) is 0.598. The Morgan fingerprint density at radius 3 is 2.69 bits per heavy atom. The highest BCUT2D eigenvalue weighted by Crippen LogP contribution is 2.23. The lowest BCUT2D eigenvalue weighted by atomic mass is 9.96. The molecule has 0 unspecified atom stereocenters. The predicted octanol–water partition coefficient (Wildman–Crippen LogP) is 2.64. The standard InChI is InChI=1S/C21H27N5O3/c1-25-18-17(19(27)24-21(25)28)26(13-8-14-29-16-11-6-3-7-12-16)20(23-18)22-15-9-4-2-5-10-15/h3,6-7,11-12,15H,2,4-5,8-10,13-14H2,1H3,(H,22,23)(H,24,27,28). The number of para-hydroxylation sites is 1. The molecule has 2 aromatic heterocycles. The first kappa shape index (κ1) is 19.3. The van der Waals surface area contributed by atoms with Crippen LogP contribution in [0.5, 0.6) is 5.75 Å². The van der Waals surface area contributed by atoms with Gasteiger partial charge in [0.25, 0.3) is 5.56 Å². The third-order valence-corrected chi connectivity index (χ3v) is 5.48. The number of hydrogen-bond donors (Lipinski definition) is 2. The van der Waals surface area contributed by atoms with Crippen LogP contribution in [-0.2, 0) is 13.6 Å². The lowest BCUT2D eigenvalue weighted by Gasteiger charge is -2.23. The molecule has 1 aliphatic rings. The monoisotopic (exact) mass is 397 g/mol. The Balaban J connectivity index is 1.58. The molecule has 29 heavy (non-hydrogen) atoms. The average Bonchev–Trinajstić information content (AvgIpc) is 3.10. The smallest absolute Gasteiger partial charge is 0.329 e. The maximum Gasteiger partial charge on any atom is 0.329 e. The summed E-state index contributed by atoms with van der Waals surface area (Å²) in [5, 5.41) is 3.51. The van der Waals surface area contributed by atoms with Crippen LogP contribution in [0.25, 0.3) is 11.2 Å². The van der Waals surface area contributed by atoms with E-state index < -0.39 is 11.2 Å². The fraction of sp³-hybridized carbons (Fsp3) is 0.476. The minimum absolute atomic E-state index is 0.344. The third-order valence-electron chi connectivity index (χ3n) is 5.48. The average molecular weight is 397 g/mol. The van der Waals surface area contributed by atoms with Crippen molar-refractivity contribution in [1.29, 1.82) is 0 Å². The van der Waals surface area contributed by atoms with Crippen molar-refractivity contribution in [3.05, 3.63) is 51.2 Å². The summed E-state index contributed by atoms with van der Waals surface area (Å²) in [4.78, 5) is 31.5. The molecule has 1 aromatic carbocycles. The Morgan fingerprint density at radius 1 is 1.17 bits per heavy atom. The summed E-state index contributed by atoms with van der Waals surface area (Å²) in [5.74, 6) is 1.47. The molecule has 1 aliphatic carbocycles. The van der Waals surface area contributed by atoms with Gasteiger partial charge in [0.05, 0.1) is 6.61 Å². The number of hydrogen-bond acceptors (Lipinski definition) is 5. The van der Waals surface area contributed by atoms with Gasteiger partial charge in [0.1, 0.15) is 5.75 Å². The molecule has 0 amide bonds. The summed E-state index contributed by atoms with van der Waals surface area (Å²) in [7, 11) is 1.63. The molecule has 2 heterocycles. The van der Waals surface area contributed by atoms with Gasteiger partial charge in [-0.05, 0) is 31.4 Å². The van der Waals surface area contributed by atoms with Crippen molar-refractivity contribution in [2.45, 2.75) is 51.1 Å². The van der Waals surface area contributed by atoms with Crippen LogP contribution in [0, 0.1) is 0 Å². The van der Waals surface area contributed by atoms with Gasteiger partial charge in [-0.1, -0.05) is 37.5 Å². The number of benzene rings is 1. The summed E-state index contributed by atoms with van der Waals surface area (Å²) < 4.78 is 9.06. The number of H-pyrrole nitrogens is 1. The number of ether oxygens (including phenoxy) is 1. The van der Waals surface area contributed by atoms with Gasteiger partial charge >= 0.3 is 5.69 Å². The van der Waals surface area contributed by atoms with Gasteiger partial charge in [0.2, 0.25) is 5.95 Å². The largest absolute Gasteiger partial charge is 0.494 e. The summed E-state index contributed by atoms with van der Waals surface area (Å²) >= 11 is 0. The highest BCUT2D eigenvalue weighted by atomic mass is 16.5. The van der Waals surface area contributed by atoms with E-state index in [1.54, 1.807) is 7.05 Å². The molecule has 0 spiro atoms. The molecule has 0 radical (unpaired) electrons. The highest BCUT2D eigenvalue weighted by molar-refractivity contribution is 5.74. The zero-order valence-corrected chi connectivity index (χ0v) is 16.7. The minimum Gasteiger partial charge on any atom is -0.494 e. The SMILES string of the molecule is Cn1c(=O)[nH]c(=O)c2c1nc(NC1CCCCC1)n2CCCOc1ccccc1. The van der Waals surface area contributed by atoms with Gasteiger partial charge in [-0.3, -0.25) is 14.3 Å². The van der Waals surface area contributed by atoms with E-state index in [0.717, 1.165) is 18.6 Å². The fourth-order valence-corrected chi connectivity index (χ4v) is 3.92. The first-order valence-corrected chi connectivity index (χ1v) is 10.3. The lowest BCUT2D eigenvalue weighted by Crippen LogP contribution is -2.29. The molecule has 0 atom stereocenters. The number of nitrogens with zero attached hydrogens (tertiary/aromatic N) is 3. The number of anilines is 1. The van der Waals surface area contributed by atoms with Gasteiger partial charge < -0.3 is 14.6 Å². The van der Waals surface area contributed by atoms with Crippen molar-refractivity contribution in [3.63, 3.8) is 0 Å². The Kier molecular flexibility index (Phi) is 5.69. The van der Waals surface area contributed by atoms with Crippen molar-refractivity contribution in [2.75, 3.05) is 11.9 Å². The van der Waals surface area contributed by atoms with Crippen molar-refractivity contribution in [3.8, 4) is 5.75 Å². The number of aromatic amines is 1. The first-order chi connectivity index (χ1) is 14.1. The first-order valence-electron chi connectivity index (χ1n) is 10.3. The van der Waals surface area contributed by atoms with E-state index in [2.05, 4.69) is 15.3 Å². The molecular weight excluding hydrogens is 370 g/mol. The van der Waals surface area contributed by atoms with Crippen molar-refractivity contribution >= 4 is 17.1 Å². The van der Waals surface area contributed by atoms with E-state index in [1.807, 2.05) is 34.9 Å². The molecule has 2 N–H and O–H groups in total. The van der Waals surface area contributed by atoms with E-state index in [4.69, 9.17) is 4.74 Å². The number of imidazole rings is 1. The molecule has 8 nitrogen and oxygen atoms in total. The third kappa shape index (κ3) is 4.21. The Labute approximate surface area is 168 Å². The van der Waals surface area contributed by atoms with Crippen LogP contribution in [0.2, 0.25) is 0 Å². The van der Waals surface area contributed by atoms with Gasteiger partial charge in [0.15, 0.2) is 11.2 Å². The Hall–Kier alpha value is -3.03. The molecule has 154 valence electrons. The van der Waals surface area contributed by atoms with E-state index in [9.17, 15) is 9.59 Å². The van der Waals surface area contributed by atoms with Gasteiger partial charge in [-0.25, -0.2) is 4.79 Å². The molecule has 0 bridgehead atoms. The summed E-state index contributed by atoms with van der Waals surface area (Å²) in [6.07, 6.45) is 6.55. The highest BCUT2D eigenvalue weighted by Gasteiger charge is 2.20. The van der Waals surface area contributed by atoms with E-state index >= 15 is 0 Å². The van der Waals surface area contributed by atoms with Crippen molar-refractivity contribution < 1.29 is 4.74 Å². The molecule has 0 aliphatic heterocycles. The Bertz CT molecular complexity index is 1080. The van der Waals surface area contributed by atoms with E-state index in [-0.39, 0.29) is 0 Å². The molecule has 0 saturated heterocycles. The predicted molar refractivity (Wildman–Crippen MR) is 113 cm³/mol. The van der Waals surface area contributed by atoms with Crippen LogP contribution < -0.4 is 21.3 Å². The maximum absolute atomic E-state index is 12.5. The van der Waals surface area contributed by atoms with Gasteiger partial charge in [-0.15, -0.1) is 0 Å². The number of nitrogens with one attached hydrogen (secondary N) is 2. The van der Waals surface area contributed by atoms with Crippen LogP contribution in [0.1, 0.15) is 38.5 Å². The second kappa shape index (κ2) is 8.55. The maximum atomic E-state index is 12.5. The van der Waals surface area contributed by atoms with E-state index in [0.29, 0.717) is 42.7 Å². The number of fused-ring (bicyclic) bond motifs is 1. The number of rotatable bonds is 7. The van der Waals surface area contributed by atoms with Crippen LogP contribution >= 0.6 is 0 Å². The van der Waals surface area contributed by atoms with Crippen molar-refractivity contribution in [1.82, 2.24) is 19.1 Å².